The molecule has 1 aromatic carbocycles. The van der Waals surface area contributed by atoms with Gasteiger partial charge < -0.3 is 19.3 Å². The zero-order chi connectivity index (χ0) is 35.2. The Morgan fingerprint density at radius 2 is 1.54 bits per heavy atom. The summed E-state index contributed by atoms with van der Waals surface area (Å²) >= 11 is 0. The predicted molar refractivity (Wildman–Crippen MR) is 164 cm³/mol. The number of alkyl halides is 6. The summed E-state index contributed by atoms with van der Waals surface area (Å²) in [6.45, 7) is 4.04. The maximum absolute atomic E-state index is 13.8. The van der Waals surface area contributed by atoms with Crippen molar-refractivity contribution in [3.05, 3.63) is 52.8 Å². The highest BCUT2D eigenvalue weighted by Crippen LogP contribution is 2.38. The van der Waals surface area contributed by atoms with Gasteiger partial charge in [0.05, 0.1) is 24.8 Å². The van der Waals surface area contributed by atoms with Gasteiger partial charge in [-0.25, -0.2) is 14.8 Å². The topological polar surface area (TPSA) is 100 Å². The van der Waals surface area contributed by atoms with E-state index in [2.05, 4.69) is 19.8 Å². The predicted octanol–water partition coefficient (Wildman–Crippen LogP) is 6.65. The molecule has 0 N–H and O–H groups in total. The molecule has 4 atom stereocenters. The van der Waals surface area contributed by atoms with Crippen molar-refractivity contribution in [3.63, 3.8) is 0 Å². The van der Waals surface area contributed by atoms with E-state index >= 15 is 0 Å². The first-order chi connectivity index (χ1) is 22.6. The van der Waals surface area contributed by atoms with Gasteiger partial charge in [-0.15, -0.1) is 0 Å². The summed E-state index contributed by atoms with van der Waals surface area (Å²) in [7, 11) is 3.08. The van der Waals surface area contributed by atoms with Crippen LogP contribution in [-0.4, -0.2) is 83.6 Å². The van der Waals surface area contributed by atoms with Crippen LogP contribution in [0.5, 0.6) is 0 Å². The average Bonchev–Trinajstić information content (AvgIpc) is 3.49. The summed E-state index contributed by atoms with van der Waals surface area (Å²) in [5.41, 5.74) is -2.26. The van der Waals surface area contributed by atoms with Crippen LogP contribution in [0.3, 0.4) is 0 Å². The van der Waals surface area contributed by atoms with Crippen LogP contribution in [0.1, 0.15) is 80.5 Å². The number of hydrogen-bond donors (Lipinski definition) is 0. The quantitative estimate of drug-likeness (QED) is 0.147. The second kappa shape index (κ2) is 15.4. The number of benzene rings is 1. The highest BCUT2D eigenvalue weighted by atomic mass is 19.4. The van der Waals surface area contributed by atoms with E-state index in [1.807, 2.05) is 20.9 Å². The molecule has 4 rings (SSSR count). The normalized spacial score (nSPS) is 21.4. The second-order valence-corrected chi connectivity index (χ2v) is 12.0. The molecule has 0 aliphatic carbocycles. The lowest BCUT2D eigenvalue weighted by atomic mass is 9.87. The number of rotatable bonds is 11. The average molecular weight is 687 g/mol. The Morgan fingerprint density at radius 1 is 0.958 bits per heavy atom. The standard InChI is InChI=1S/C32H40F6N6O4/c1-5-25-13-27(14-26(6-2)44(25)30(46)48-9-7-8-28(45)47-4)43(29-39-15-21(16-40-29)22-17-41-42(3)19-22)18-20-10-23(31(33,34)35)12-24(11-20)32(36,37)38/h10-12,15-17,22,25-27H,5-9,13-14,18-19H2,1-4H3/t22?,25-,26+,27+. The number of carbonyl (C=O) groups is 2. The maximum Gasteiger partial charge on any atom is 0.416 e. The Labute approximate surface area is 275 Å². The molecular weight excluding hydrogens is 646 g/mol. The molecule has 1 fully saturated rings. The van der Waals surface area contributed by atoms with Crippen LogP contribution < -0.4 is 4.90 Å². The largest absolute Gasteiger partial charge is 0.469 e. The molecule has 48 heavy (non-hydrogen) atoms. The molecule has 10 nitrogen and oxygen atoms in total. The smallest absolute Gasteiger partial charge is 0.416 e. The van der Waals surface area contributed by atoms with Crippen LogP contribution in [0.4, 0.5) is 37.1 Å². The summed E-state index contributed by atoms with van der Waals surface area (Å²) in [5.74, 6) is -0.361. The number of halogens is 6. The van der Waals surface area contributed by atoms with E-state index < -0.39 is 41.6 Å². The highest BCUT2D eigenvalue weighted by molar-refractivity contribution is 5.70. The van der Waals surface area contributed by atoms with Gasteiger partial charge in [-0.1, -0.05) is 13.8 Å². The zero-order valence-corrected chi connectivity index (χ0v) is 27.2. The van der Waals surface area contributed by atoms with Crippen molar-refractivity contribution in [1.29, 1.82) is 0 Å². The molecule has 0 spiro atoms. The number of ether oxygens (including phenoxy) is 2. The van der Waals surface area contributed by atoms with Gasteiger partial charge in [0.1, 0.15) is 0 Å². The van der Waals surface area contributed by atoms with Crippen LogP contribution in [0.2, 0.25) is 0 Å². The fraction of sp³-hybridized carbons (Fsp3) is 0.594. The molecule has 1 aromatic heterocycles. The Balaban J connectivity index is 1.66. The number of aromatic nitrogens is 2. The number of likely N-dealkylation sites (tertiary alicyclic amines) is 1. The number of esters is 1. The van der Waals surface area contributed by atoms with Crippen LogP contribution >= 0.6 is 0 Å². The molecule has 1 saturated heterocycles. The van der Waals surface area contributed by atoms with Crippen LogP contribution in [-0.2, 0) is 33.2 Å². The summed E-state index contributed by atoms with van der Waals surface area (Å²) in [6, 6.07) is 0.377. The first kappa shape index (κ1) is 36.7. The minimum atomic E-state index is -5.00. The lowest BCUT2D eigenvalue weighted by Crippen LogP contribution is -2.57. The van der Waals surface area contributed by atoms with Crippen molar-refractivity contribution in [2.75, 3.05) is 32.2 Å². The Morgan fingerprint density at radius 3 is 2.02 bits per heavy atom. The molecule has 0 bridgehead atoms. The lowest BCUT2D eigenvalue weighted by molar-refractivity contribution is -0.143. The number of hydrogen-bond acceptors (Lipinski definition) is 9. The van der Waals surface area contributed by atoms with Crippen LogP contribution in [0, 0.1) is 0 Å². The number of hydrazone groups is 1. The third-order valence-electron chi connectivity index (χ3n) is 8.70. The number of carbonyl (C=O) groups excluding carboxylic acids is 2. The molecule has 3 heterocycles. The Bertz CT molecular complexity index is 1390. The van der Waals surface area contributed by atoms with Gasteiger partial charge in [-0.05, 0) is 61.4 Å². The first-order valence-corrected chi connectivity index (χ1v) is 15.8. The van der Waals surface area contributed by atoms with Crippen LogP contribution in [0.15, 0.2) is 35.7 Å². The van der Waals surface area contributed by atoms with Crippen LogP contribution in [0.25, 0.3) is 0 Å². The van der Waals surface area contributed by atoms with Crippen molar-refractivity contribution in [3.8, 4) is 0 Å². The molecule has 2 aromatic rings. The third kappa shape index (κ3) is 9.07. The van der Waals surface area contributed by atoms with Gasteiger partial charge in [-0.2, -0.15) is 31.4 Å². The summed E-state index contributed by atoms with van der Waals surface area (Å²) in [6.07, 6.45) is -3.58. The van der Waals surface area contributed by atoms with Gasteiger partial charge in [-0.3, -0.25) is 9.80 Å². The highest BCUT2D eigenvalue weighted by Gasteiger charge is 2.41. The number of anilines is 1. The van der Waals surface area contributed by atoms with E-state index in [0.29, 0.717) is 32.2 Å². The van der Waals surface area contributed by atoms with Gasteiger partial charge in [0.2, 0.25) is 5.95 Å². The van der Waals surface area contributed by atoms with E-state index in [-0.39, 0.29) is 61.6 Å². The molecular formula is C32H40F6N6O4. The van der Waals surface area contributed by atoms with Crippen molar-refractivity contribution in [2.45, 2.75) is 95.3 Å². The monoisotopic (exact) mass is 686 g/mol. The molecule has 2 aliphatic heterocycles. The summed E-state index contributed by atoms with van der Waals surface area (Å²) < 4.78 is 92.7. The molecule has 0 saturated carbocycles. The van der Waals surface area contributed by atoms with E-state index in [4.69, 9.17) is 4.74 Å². The molecule has 16 heteroatoms. The second-order valence-electron chi connectivity index (χ2n) is 12.0. The zero-order valence-electron chi connectivity index (χ0n) is 27.2. The number of nitrogens with zero attached hydrogens (tertiary/aromatic N) is 6. The molecule has 264 valence electrons. The first-order valence-electron chi connectivity index (χ1n) is 15.8. The molecule has 1 unspecified atom stereocenters. The minimum absolute atomic E-state index is 0.00558. The Kier molecular flexibility index (Phi) is 11.8. The van der Waals surface area contributed by atoms with Gasteiger partial charge >= 0.3 is 24.4 Å². The number of likely N-dealkylation sites (N-methyl/N-ethyl adjacent to an activating group) is 1. The van der Waals surface area contributed by atoms with Gasteiger partial charge in [0.25, 0.3) is 0 Å². The van der Waals surface area contributed by atoms with Gasteiger partial charge in [0.15, 0.2) is 0 Å². The Hall–Kier alpha value is -4.11. The fourth-order valence-corrected chi connectivity index (χ4v) is 6.19. The molecule has 0 radical (unpaired) electrons. The molecule has 2 aliphatic rings. The van der Waals surface area contributed by atoms with E-state index in [0.717, 1.165) is 17.7 Å². The van der Waals surface area contributed by atoms with Crippen molar-refractivity contribution in [2.24, 2.45) is 5.10 Å². The number of amides is 1. The fourth-order valence-electron chi connectivity index (χ4n) is 6.19. The van der Waals surface area contributed by atoms with Gasteiger partial charge in [0, 0.05) is 69.2 Å². The molecule has 1 amide bonds. The number of methoxy groups -OCH3 is 1. The minimum Gasteiger partial charge on any atom is -0.469 e. The SMILES string of the molecule is CC[C@@H]1C[C@H](N(Cc2cc(C(F)(F)F)cc(C(F)(F)F)c2)c2ncc(C3C=NN(C)C3)cn2)C[C@H](CC)N1C(=O)OCCCC(=O)OC. The number of piperidine rings is 1. The third-order valence-corrected chi connectivity index (χ3v) is 8.70. The lowest BCUT2D eigenvalue weighted by Gasteiger charge is -2.47. The maximum atomic E-state index is 13.8. The van der Waals surface area contributed by atoms with E-state index in [9.17, 15) is 35.9 Å². The van der Waals surface area contributed by atoms with E-state index in [1.54, 1.807) is 33.4 Å². The summed E-state index contributed by atoms with van der Waals surface area (Å²) in [5, 5.41) is 5.98. The van der Waals surface area contributed by atoms with Crippen molar-refractivity contribution >= 4 is 24.2 Å². The summed E-state index contributed by atoms with van der Waals surface area (Å²) in [4.78, 5) is 37.1. The van der Waals surface area contributed by atoms with Crippen molar-refractivity contribution < 1.29 is 45.4 Å². The van der Waals surface area contributed by atoms with Crippen molar-refractivity contribution in [1.82, 2.24) is 19.9 Å². The van der Waals surface area contributed by atoms with E-state index in [1.165, 1.54) is 7.11 Å².